The Kier molecular flexibility index (Phi) is 4.14. The summed E-state index contributed by atoms with van der Waals surface area (Å²) in [6.07, 6.45) is 0.228. The first kappa shape index (κ1) is 13.8. The van der Waals surface area contributed by atoms with Crippen molar-refractivity contribution in [3.8, 4) is 11.5 Å². The third-order valence-electron chi connectivity index (χ3n) is 2.69. The van der Waals surface area contributed by atoms with Crippen LogP contribution in [0.1, 0.15) is 23.7 Å². The van der Waals surface area contributed by atoms with Gasteiger partial charge in [-0.25, -0.2) is 4.79 Å². The highest BCUT2D eigenvalue weighted by molar-refractivity contribution is 6.01. The van der Waals surface area contributed by atoms with Crippen LogP contribution in [0.3, 0.4) is 0 Å². The van der Waals surface area contributed by atoms with Crippen LogP contribution < -0.4 is 0 Å². The molecule has 18 heavy (non-hydrogen) atoms. The molecule has 1 atom stereocenters. The van der Waals surface area contributed by atoms with E-state index in [0.29, 0.717) is 0 Å². The molecule has 0 saturated heterocycles. The molecule has 0 aliphatic carbocycles. The number of carboxylic acid groups (broad SMARTS) is 1. The van der Waals surface area contributed by atoms with Crippen LogP contribution in [0, 0.1) is 0 Å². The monoisotopic (exact) mass is 253 g/mol. The van der Waals surface area contributed by atoms with Crippen LogP contribution in [0.25, 0.3) is 0 Å². The zero-order valence-electron chi connectivity index (χ0n) is 10.1. The maximum absolute atomic E-state index is 12.0. The fourth-order valence-corrected chi connectivity index (χ4v) is 1.68. The molecule has 1 aromatic rings. The van der Waals surface area contributed by atoms with E-state index in [-0.39, 0.29) is 23.5 Å². The van der Waals surface area contributed by atoms with E-state index in [1.54, 1.807) is 6.92 Å². The SMILES string of the molecule is CCC(C(=O)O)N(C)C(=O)c1c(O)cccc1O. The minimum absolute atomic E-state index is 0.228. The lowest BCUT2D eigenvalue weighted by molar-refractivity contribution is -0.142. The molecule has 6 heteroatoms. The number of benzene rings is 1. The molecule has 0 saturated carbocycles. The van der Waals surface area contributed by atoms with Crippen molar-refractivity contribution in [2.24, 2.45) is 0 Å². The molecule has 0 fully saturated rings. The van der Waals surface area contributed by atoms with E-state index in [4.69, 9.17) is 5.11 Å². The fourth-order valence-electron chi connectivity index (χ4n) is 1.68. The summed E-state index contributed by atoms with van der Waals surface area (Å²) in [5.41, 5.74) is -0.292. The predicted octanol–water partition coefficient (Wildman–Crippen LogP) is 1.03. The van der Waals surface area contributed by atoms with Crippen molar-refractivity contribution in [1.29, 1.82) is 0 Å². The Balaban J connectivity index is 3.11. The van der Waals surface area contributed by atoms with Gasteiger partial charge in [0.1, 0.15) is 23.1 Å². The van der Waals surface area contributed by atoms with Crippen LogP contribution in [-0.2, 0) is 4.79 Å². The number of rotatable bonds is 4. The maximum Gasteiger partial charge on any atom is 0.326 e. The lowest BCUT2D eigenvalue weighted by Gasteiger charge is -2.24. The summed E-state index contributed by atoms with van der Waals surface area (Å²) in [4.78, 5) is 24.0. The molecule has 0 aliphatic heterocycles. The Hall–Kier alpha value is -2.24. The Bertz CT molecular complexity index is 451. The van der Waals surface area contributed by atoms with Crippen molar-refractivity contribution in [2.45, 2.75) is 19.4 Å². The van der Waals surface area contributed by atoms with Gasteiger partial charge < -0.3 is 20.2 Å². The number of hydrogen-bond donors (Lipinski definition) is 3. The molecule has 1 aromatic carbocycles. The lowest BCUT2D eigenvalue weighted by atomic mass is 10.1. The van der Waals surface area contributed by atoms with E-state index < -0.39 is 17.9 Å². The molecule has 0 bridgehead atoms. The molecule has 6 nitrogen and oxygen atoms in total. The van der Waals surface area contributed by atoms with E-state index in [2.05, 4.69) is 0 Å². The average molecular weight is 253 g/mol. The van der Waals surface area contributed by atoms with Gasteiger partial charge in [0.15, 0.2) is 0 Å². The minimum Gasteiger partial charge on any atom is -0.507 e. The van der Waals surface area contributed by atoms with Crippen LogP contribution >= 0.6 is 0 Å². The van der Waals surface area contributed by atoms with Crippen LogP contribution in [0.4, 0.5) is 0 Å². The molecule has 0 radical (unpaired) electrons. The number of carbonyl (C=O) groups excluding carboxylic acids is 1. The van der Waals surface area contributed by atoms with Crippen molar-refractivity contribution in [3.63, 3.8) is 0 Å². The van der Waals surface area contributed by atoms with Gasteiger partial charge in [0.25, 0.3) is 5.91 Å². The summed E-state index contributed by atoms with van der Waals surface area (Å²) in [6.45, 7) is 1.63. The summed E-state index contributed by atoms with van der Waals surface area (Å²) in [6, 6.07) is 2.89. The number of nitrogens with zero attached hydrogens (tertiary/aromatic N) is 1. The van der Waals surface area contributed by atoms with Gasteiger partial charge in [-0.05, 0) is 18.6 Å². The molecule has 0 aromatic heterocycles. The summed E-state index contributed by atoms with van der Waals surface area (Å²) in [5, 5.41) is 28.1. The van der Waals surface area contributed by atoms with Crippen molar-refractivity contribution in [2.75, 3.05) is 7.05 Å². The summed E-state index contributed by atoms with van der Waals surface area (Å²) in [5.74, 6) is -2.64. The van der Waals surface area contributed by atoms with Crippen LogP contribution in [0.5, 0.6) is 11.5 Å². The summed E-state index contributed by atoms with van der Waals surface area (Å²) >= 11 is 0. The van der Waals surface area contributed by atoms with E-state index in [1.807, 2.05) is 0 Å². The lowest BCUT2D eigenvalue weighted by Crippen LogP contribution is -2.42. The Labute approximate surface area is 104 Å². The Morgan fingerprint density at radius 2 is 1.78 bits per heavy atom. The van der Waals surface area contributed by atoms with Crippen molar-refractivity contribution >= 4 is 11.9 Å². The first-order valence-electron chi connectivity index (χ1n) is 5.41. The van der Waals surface area contributed by atoms with Gasteiger partial charge in [0.05, 0.1) is 0 Å². The van der Waals surface area contributed by atoms with Gasteiger partial charge in [-0.15, -0.1) is 0 Å². The first-order chi connectivity index (χ1) is 8.40. The smallest absolute Gasteiger partial charge is 0.326 e. The van der Waals surface area contributed by atoms with Gasteiger partial charge in [-0.1, -0.05) is 13.0 Å². The molecule has 1 rings (SSSR count). The Morgan fingerprint density at radius 3 is 2.17 bits per heavy atom. The number of hydrogen-bond acceptors (Lipinski definition) is 4. The second-order valence-electron chi connectivity index (χ2n) is 3.85. The third-order valence-corrected chi connectivity index (χ3v) is 2.69. The van der Waals surface area contributed by atoms with Crippen LogP contribution in [-0.4, -0.2) is 45.2 Å². The molecule has 1 unspecified atom stereocenters. The van der Waals surface area contributed by atoms with Crippen molar-refractivity contribution in [1.82, 2.24) is 4.90 Å². The second kappa shape index (κ2) is 5.39. The minimum atomic E-state index is -1.14. The fraction of sp³-hybridized carbons (Fsp3) is 0.333. The molecule has 3 N–H and O–H groups in total. The average Bonchev–Trinajstić information content (AvgIpc) is 2.28. The number of aliphatic carboxylic acids is 1. The molecule has 0 aliphatic rings. The number of phenolic OH excluding ortho intramolecular Hbond substituents is 2. The number of carboxylic acids is 1. The predicted molar refractivity (Wildman–Crippen MR) is 63.6 cm³/mol. The molecule has 0 spiro atoms. The third kappa shape index (κ3) is 2.53. The quantitative estimate of drug-likeness (QED) is 0.744. The topological polar surface area (TPSA) is 98.1 Å². The number of phenols is 2. The molecular formula is C12H15NO5. The van der Waals surface area contributed by atoms with Gasteiger partial charge in [0.2, 0.25) is 0 Å². The number of carbonyl (C=O) groups is 2. The highest BCUT2D eigenvalue weighted by Crippen LogP contribution is 2.28. The highest BCUT2D eigenvalue weighted by Gasteiger charge is 2.28. The number of amides is 1. The van der Waals surface area contributed by atoms with Crippen LogP contribution in [0.15, 0.2) is 18.2 Å². The highest BCUT2D eigenvalue weighted by atomic mass is 16.4. The van der Waals surface area contributed by atoms with Crippen LogP contribution in [0.2, 0.25) is 0 Å². The first-order valence-corrected chi connectivity index (χ1v) is 5.41. The number of aromatic hydroxyl groups is 2. The maximum atomic E-state index is 12.0. The van der Waals surface area contributed by atoms with E-state index in [1.165, 1.54) is 25.2 Å². The zero-order valence-corrected chi connectivity index (χ0v) is 10.1. The second-order valence-corrected chi connectivity index (χ2v) is 3.85. The van der Waals surface area contributed by atoms with E-state index in [9.17, 15) is 19.8 Å². The molecule has 0 heterocycles. The van der Waals surface area contributed by atoms with Gasteiger partial charge in [-0.3, -0.25) is 4.79 Å². The van der Waals surface area contributed by atoms with Crippen molar-refractivity contribution in [3.05, 3.63) is 23.8 Å². The summed E-state index contributed by atoms with van der Waals surface area (Å²) in [7, 11) is 1.32. The summed E-state index contributed by atoms with van der Waals surface area (Å²) < 4.78 is 0. The standard InChI is InChI=1S/C12H15NO5/c1-3-7(12(17)18)13(2)11(16)10-8(14)5-4-6-9(10)15/h4-7,14-15H,3H2,1-2H3,(H,17,18). The van der Waals surface area contributed by atoms with E-state index in [0.717, 1.165) is 4.90 Å². The van der Waals surface area contributed by atoms with Gasteiger partial charge in [0, 0.05) is 7.05 Å². The number of likely N-dealkylation sites (N-methyl/N-ethyl adjacent to an activating group) is 1. The van der Waals surface area contributed by atoms with Crippen molar-refractivity contribution < 1.29 is 24.9 Å². The Morgan fingerprint density at radius 1 is 1.28 bits per heavy atom. The normalized spacial score (nSPS) is 11.9. The molecule has 98 valence electrons. The zero-order chi connectivity index (χ0) is 13.9. The largest absolute Gasteiger partial charge is 0.507 e. The van der Waals surface area contributed by atoms with Gasteiger partial charge in [-0.2, -0.15) is 0 Å². The van der Waals surface area contributed by atoms with Gasteiger partial charge >= 0.3 is 5.97 Å². The molecular weight excluding hydrogens is 238 g/mol. The van der Waals surface area contributed by atoms with E-state index >= 15 is 0 Å². The molecule has 1 amide bonds.